The van der Waals surface area contributed by atoms with Crippen molar-refractivity contribution in [3.05, 3.63) is 169 Å². The molecule has 0 atom stereocenters. The first-order valence-electron chi connectivity index (χ1n) is 15.2. The predicted molar refractivity (Wildman–Crippen MR) is 194 cm³/mol. The first-order chi connectivity index (χ1) is 22.3. The van der Waals surface area contributed by atoms with Gasteiger partial charge in [-0.3, -0.25) is 0 Å². The smallest absolute Gasteiger partial charge is 0.0440 e. The molecule has 0 fully saturated rings. The molecule has 0 bridgehead atoms. The molecule has 1 N–H and O–H groups in total. The number of fused-ring (bicyclic) bond motifs is 3. The van der Waals surface area contributed by atoms with E-state index >= 15 is 0 Å². The molecule has 1 aromatic heterocycles. The molecule has 0 spiro atoms. The lowest BCUT2D eigenvalue weighted by molar-refractivity contribution is 1.55. The van der Waals surface area contributed by atoms with Crippen LogP contribution in [-0.4, -0.2) is 6.21 Å². The van der Waals surface area contributed by atoms with Crippen LogP contribution < -0.4 is 0 Å². The molecule has 1 heterocycles. The van der Waals surface area contributed by atoms with Gasteiger partial charge >= 0.3 is 0 Å². The van der Waals surface area contributed by atoms with Gasteiger partial charge in [0.15, 0.2) is 0 Å². The molecular formula is C43H29NS. The van der Waals surface area contributed by atoms with Crippen molar-refractivity contribution in [2.24, 2.45) is 0 Å². The topological polar surface area (TPSA) is 23.9 Å². The summed E-state index contributed by atoms with van der Waals surface area (Å²) in [6, 6.07) is 58.4. The minimum atomic E-state index is 0.937. The Morgan fingerprint density at radius 2 is 0.844 bits per heavy atom. The SMILES string of the molecule is N=Cc1ccc(-c2cc(-c3ccccc3)cc(-c3ccccc3)c2)c2sc3c(-c4ccccc4)cc(-c4ccccc4)cc3c12. The van der Waals surface area contributed by atoms with Crippen molar-refractivity contribution in [3.8, 4) is 55.6 Å². The zero-order valence-corrected chi connectivity index (χ0v) is 25.4. The molecule has 0 aliphatic heterocycles. The molecule has 0 amide bonds. The quantitative estimate of drug-likeness (QED) is 0.186. The summed E-state index contributed by atoms with van der Waals surface area (Å²) >= 11 is 1.84. The maximum Gasteiger partial charge on any atom is 0.0440 e. The Labute approximate surface area is 267 Å². The van der Waals surface area contributed by atoms with Gasteiger partial charge in [-0.05, 0) is 80.4 Å². The Morgan fingerprint density at radius 1 is 0.378 bits per heavy atom. The molecule has 0 aliphatic carbocycles. The van der Waals surface area contributed by atoms with Crippen LogP contribution in [0.2, 0.25) is 0 Å². The average Bonchev–Trinajstić information content (AvgIpc) is 3.52. The summed E-state index contributed by atoms with van der Waals surface area (Å²) in [4.78, 5) is 0. The highest BCUT2D eigenvalue weighted by atomic mass is 32.1. The van der Waals surface area contributed by atoms with E-state index in [4.69, 9.17) is 5.41 Å². The van der Waals surface area contributed by atoms with Gasteiger partial charge < -0.3 is 5.41 Å². The van der Waals surface area contributed by atoms with Crippen LogP contribution in [0.1, 0.15) is 5.56 Å². The number of hydrogen-bond acceptors (Lipinski definition) is 2. The van der Waals surface area contributed by atoms with E-state index in [2.05, 4.69) is 164 Å². The minimum absolute atomic E-state index is 0.937. The number of hydrogen-bond donors (Lipinski definition) is 1. The van der Waals surface area contributed by atoms with Gasteiger partial charge in [0.2, 0.25) is 0 Å². The highest BCUT2D eigenvalue weighted by Crippen LogP contribution is 2.47. The molecule has 0 radical (unpaired) electrons. The normalized spacial score (nSPS) is 11.2. The van der Waals surface area contributed by atoms with Crippen molar-refractivity contribution in [1.82, 2.24) is 0 Å². The Morgan fingerprint density at radius 3 is 1.36 bits per heavy atom. The number of rotatable bonds is 6. The summed E-state index contributed by atoms with van der Waals surface area (Å²) in [6.45, 7) is 0. The van der Waals surface area contributed by atoms with Gasteiger partial charge in [-0.25, -0.2) is 0 Å². The molecule has 212 valence electrons. The van der Waals surface area contributed by atoms with Crippen LogP contribution in [0.3, 0.4) is 0 Å². The van der Waals surface area contributed by atoms with Crippen molar-refractivity contribution in [2.45, 2.75) is 0 Å². The van der Waals surface area contributed by atoms with Crippen LogP contribution in [0.25, 0.3) is 75.8 Å². The molecule has 7 aromatic carbocycles. The van der Waals surface area contributed by atoms with Crippen molar-refractivity contribution in [2.75, 3.05) is 0 Å². The molecule has 0 aliphatic rings. The molecule has 1 nitrogen and oxygen atoms in total. The second kappa shape index (κ2) is 11.5. The van der Waals surface area contributed by atoms with Gasteiger partial charge in [0.05, 0.1) is 0 Å². The van der Waals surface area contributed by atoms with Crippen LogP contribution in [0.5, 0.6) is 0 Å². The van der Waals surface area contributed by atoms with Crippen LogP contribution in [0.15, 0.2) is 164 Å². The highest BCUT2D eigenvalue weighted by molar-refractivity contribution is 7.27. The van der Waals surface area contributed by atoms with E-state index < -0.39 is 0 Å². The molecule has 0 saturated heterocycles. The Bertz CT molecular complexity index is 2240. The fraction of sp³-hybridized carbons (Fsp3) is 0. The fourth-order valence-corrected chi connectivity index (χ4v) is 7.75. The van der Waals surface area contributed by atoms with Gasteiger partial charge in [0, 0.05) is 37.5 Å². The number of benzene rings is 7. The summed E-state index contributed by atoms with van der Waals surface area (Å²) in [5.41, 5.74) is 12.8. The first kappa shape index (κ1) is 27.0. The van der Waals surface area contributed by atoms with E-state index in [0.717, 1.165) is 10.9 Å². The highest BCUT2D eigenvalue weighted by Gasteiger charge is 2.19. The van der Waals surface area contributed by atoms with Gasteiger partial charge in [0.25, 0.3) is 0 Å². The van der Waals surface area contributed by atoms with E-state index in [9.17, 15) is 0 Å². The van der Waals surface area contributed by atoms with Gasteiger partial charge in [-0.1, -0.05) is 133 Å². The summed E-state index contributed by atoms with van der Waals surface area (Å²) in [7, 11) is 0. The van der Waals surface area contributed by atoms with Crippen molar-refractivity contribution < 1.29 is 0 Å². The predicted octanol–water partition coefficient (Wildman–Crippen LogP) is 12.4. The minimum Gasteiger partial charge on any atom is -0.308 e. The summed E-state index contributed by atoms with van der Waals surface area (Å²) in [5, 5.41) is 10.8. The lowest BCUT2D eigenvalue weighted by atomic mass is 9.91. The zero-order valence-electron chi connectivity index (χ0n) is 24.6. The van der Waals surface area contributed by atoms with E-state index in [1.807, 2.05) is 11.3 Å². The molecule has 2 heteroatoms. The first-order valence-corrected chi connectivity index (χ1v) is 16.0. The van der Waals surface area contributed by atoms with Gasteiger partial charge in [-0.2, -0.15) is 0 Å². The maximum atomic E-state index is 8.42. The van der Waals surface area contributed by atoms with Crippen molar-refractivity contribution in [3.63, 3.8) is 0 Å². The monoisotopic (exact) mass is 591 g/mol. The largest absolute Gasteiger partial charge is 0.308 e. The third kappa shape index (κ3) is 4.96. The van der Waals surface area contributed by atoms with E-state index in [1.54, 1.807) is 0 Å². The van der Waals surface area contributed by atoms with Crippen LogP contribution >= 0.6 is 11.3 Å². The number of nitrogens with one attached hydrogen (secondary N) is 1. The number of thiophene rings is 1. The van der Waals surface area contributed by atoms with E-state index in [1.165, 1.54) is 76.6 Å². The second-order valence-corrected chi connectivity index (χ2v) is 12.3. The lowest BCUT2D eigenvalue weighted by Crippen LogP contribution is -1.88. The Kier molecular flexibility index (Phi) is 6.90. The molecule has 8 aromatic rings. The summed E-state index contributed by atoms with van der Waals surface area (Å²) in [6.07, 6.45) is 1.51. The standard InChI is InChI=1S/C43H29NS/c44-28-33-21-22-38(37-24-34(29-13-5-1-6-14-29)23-35(25-37)30-15-7-2-8-16-30)43-41(33)40-27-36(31-17-9-3-10-18-31)26-39(42(40)45-43)32-19-11-4-12-20-32/h1-28,44H. The Hall–Kier alpha value is -5.57. The van der Waals surface area contributed by atoms with E-state index in [-0.39, 0.29) is 0 Å². The van der Waals surface area contributed by atoms with Crippen molar-refractivity contribution >= 4 is 37.7 Å². The van der Waals surface area contributed by atoms with Crippen molar-refractivity contribution in [1.29, 1.82) is 5.41 Å². The van der Waals surface area contributed by atoms with E-state index in [0.29, 0.717) is 0 Å². The average molecular weight is 592 g/mol. The summed E-state index contributed by atoms with van der Waals surface area (Å²) in [5.74, 6) is 0. The third-order valence-corrected chi connectivity index (χ3v) is 9.83. The van der Waals surface area contributed by atoms with Crippen LogP contribution in [-0.2, 0) is 0 Å². The van der Waals surface area contributed by atoms with Crippen LogP contribution in [0, 0.1) is 5.41 Å². The summed E-state index contributed by atoms with van der Waals surface area (Å²) < 4.78 is 2.45. The molecule has 45 heavy (non-hydrogen) atoms. The Balaban J connectivity index is 1.44. The maximum absolute atomic E-state index is 8.42. The fourth-order valence-electron chi connectivity index (χ4n) is 6.36. The molecule has 0 unspecified atom stereocenters. The molecular weight excluding hydrogens is 563 g/mol. The molecule has 8 rings (SSSR count). The van der Waals surface area contributed by atoms with Gasteiger partial charge in [-0.15, -0.1) is 11.3 Å². The lowest BCUT2D eigenvalue weighted by Gasteiger charge is -2.13. The zero-order chi connectivity index (χ0) is 30.2. The molecule has 0 saturated carbocycles. The second-order valence-electron chi connectivity index (χ2n) is 11.3. The van der Waals surface area contributed by atoms with Crippen LogP contribution in [0.4, 0.5) is 0 Å². The van der Waals surface area contributed by atoms with Gasteiger partial charge in [0.1, 0.15) is 0 Å². The third-order valence-electron chi connectivity index (χ3n) is 8.56.